The second kappa shape index (κ2) is 3.42. The van der Waals surface area contributed by atoms with Crippen LogP contribution in [0.25, 0.3) is 10.2 Å². The van der Waals surface area contributed by atoms with Gasteiger partial charge < -0.3 is 4.79 Å². The highest BCUT2D eigenvalue weighted by Crippen LogP contribution is 2.43. The third-order valence-corrected chi connectivity index (χ3v) is 4.05. The van der Waals surface area contributed by atoms with Gasteiger partial charge in [-0.15, -0.1) is 11.3 Å². The molecule has 0 unspecified atom stereocenters. The lowest BCUT2D eigenvalue weighted by atomic mass is 10.1. The number of aldehydes is 1. The van der Waals surface area contributed by atoms with Crippen molar-refractivity contribution in [1.82, 2.24) is 4.98 Å². The maximum absolute atomic E-state index is 10.6. The Bertz CT molecular complexity index is 513. The van der Waals surface area contributed by atoms with E-state index in [4.69, 9.17) is 0 Å². The molecule has 0 amide bonds. The predicted molar refractivity (Wildman–Crippen MR) is 61.4 cm³/mol. The lowest BCUT2D eigenvalue weighted by Crippen LogP contribution is -1.84. The van der Waals surface area contributed by atoms with E-state index in [1.807, 2.05) is 18.2 Å². The maximum atomic E-state index is 10.6. The van der Waals surface area contributed by atoms with Crippen molar-refractivity contribution < 1.29 is 4.79 Å². The van der Waals surface area contributed by atoms with E-state index in [-0.39, 0.29) is 0 Å². The zero-order valence-electron chi connectivity index (χ0n) is 8.27. The van der Waals surface area contributed by atoms with Gasteiger partial charge in [0.15, 0.2) is 0 Å². The van der Waals surface area contributed by atoms with Gasteiger partial charge in [-0.05, 0) is 24.5 Å². The van der Waals surface area contributed by atoms with Gasteiger partial charge in [0.1, 0.15) is 6.29 Å². The van der Waals surface area contributed by atoms with Crippen LogP contribution >= 0.6 is 11.3 Å². The van der Waals surface area contributed by atoms with Crippen molar-refractivity contribution in [3.63, 3.8) is 0 Å². The van der Waals surface area contributed by atoms with Gasteiger partial charge in [0.25, 0.3) is 0 Å². The van der Waals surface area contributed by atoms with Crippen LogP contribution in [0.5, 0.6) is 0 Å². The molecule has 15 heavy (non-hydrogen) atoms. The van der Waals surface area contributed by atoms with Gasteiger partial charge in [0, 0.05) is 12.3 Å². The standard InChI is InChI=1S/C12H11NOS/c14-7-6-8-2-1-3-10-11(8)15-12(13-10)9-4-5-9/h1-3,7,9H,4-6H2. The largest absolute Gasteiger partial charge is 0.303 e. The molecular weight excluding hydrogens is 206 g/mol. The van der Waals surface area contributed by atoms with Crippen LogP contribution in [-0.2, 0) is 11.2 Å². The van der Waals surface area contributed by atoms with Crippen molar-refractivity contribution in [1.29, 1.82) is 0 Å². The molecule has 1 aromatic carbocycles. The normalized spacial score (nSPS) is 15.7. The Balaban J connectivity index is 2.14. The Morgan fingerprint density at radius 3 is 3.07 bits per heavy atom. The highest BCUT2D eigenvalue weighted by Gasteiger charge is 2.27. The Morgan fingerprint density at radius 1 is 1.47 bits per heavy atom. The van der Waals surface area contributed by atoms with E-state index in [1.54, 1.807) is 11.3 Å². The molecule has 1 heterocycles. The highest BCUT2D eigenvalue weighted by molar-refractivity contribution is 7.18. The van der Waals surface area contributed by atoms with Crippen molar-refractivity contribution in [3.05, 3.63) is 28.8 Å². The van der Waals surface area contributed by atoms with Crippen molar-refractivity contribution in [2.24, 2.45) is 0 Å². The molecule has 2 aromatic rings. The maximum Gasteiger partial charge on any atom is 0.124 e. The summed E-state index contributed by atoms with van der Waals surface area (Å²) in [5.41, 5.74) is 2.17. The summed E-state index contributed by atoms with van der Waals surface area (Å²) in [5.74, 6) is 0.700. The molecule has 0 saturated heterocycles. The molecule has 1 aliphatic carbocycles. The van der Waals surface area contributed by atoms with Gasteiger partial charge >= 0.3 is 0 Å². The molecule has 1 aromatic heterocycles. The second-order valence-corrected chi connectivity index (χ2v) is 4.99. The molecule has 0 aliphatic heterocycles. The van der Waals surface area contributed by atoms with Crippen molar-refractivity contribution in [3.8, 4) is 0 Å². The summed E-state index contributed by atoms with van der Waals surface area (Å²) >= 11 is 1.76. The Hall–Kier alpha value is -1.22. The molecular formula is C12H11NOS. The van der Waals surface area contributed by atoms with Crippen LogP contribution in [0.1, 0.15) is 29.3 Å². The fourth-order valence-corrected chi connectivity index (χ4v) is 3.03. The van der Waals surface area contributed by atoms with Crippen molar-refractivity contribution in [2.75, 3.05) is 0 Å². The topological polar surface area (TPSA) is 30.0 Å². The van der Waals surface area contributed by atoms with Gasteiger partial charge in [-0.3, -0.25) is 0 Å². The van der Waals surface area contributed by atoms with Gasteiger partial charge in [-0.1, -0.05) is 12.1 Å². The minimum atomic E-state index is 0.504. The lowest BCUT2D eigenvalue weighted by molar-refractivity contribution is -0.107. The van der Waals surface area contributed by atoms with Gasteiger partial charge in [-0.2, -0.15) is 0 Å². The summed E-state index contributed by atoms with van der Waals surface area (Å²) in [7, 11) is 0. The van der Waals surface area contributed by atoms with Crippen LogP contribution < -0.4 is 0 Å². The second-order valence-electron chi connectivity index (χ2n) is 3.96. The number of carbonyl (C=O) groups excluding carboxylic acids is 1. The van der Waals surface area contributed by atoms with Gasteiger partial charge in [-0.25, -0.2) is 4.98 Å². The molecule has 0 spiro atoms. The van der Waals surface area contributed by atoms with Crippen molar-refractivity contribution in [2.45, 2.75) is 25.2 Å². The third-order valence-electron chi connectivity index (χ3n) is 2.74. The molecule has 0 radical (unpaired) electrons. The van der Waals surface area contributed by atoms with Gasteiger partial charge in [0.2, 0.25) is 0 Å². The first-order chi connectivity index (χ1) is 7.38. The summed E-state index contributed by atoms with van der Waals surface area (Å²) in [5, 5.41) is 1.25. The quantitative estimate of drug-likeness (QED) is 0.740. The molecule has 1 fully saturated rings. The Kier molecular flexibility index (Phi) is 2.06. The molecule has 2 nitrogen and oxygen atoms in total. The summed E-state index contributed by atoms with van der Waals surface area (Å²) in [6, 6.07) is 6.04. The van der Waals surface area contributed by atoms with Crippen LogP contribution in [0.15, 0.2) is 18.2 Å². The van der Waals surface area contributed by atoms with Crippen LogP contribution in [0.4, 0.5) is 0 Å². The SMILES string of the molecule is O=CCc1cccc2nc(C3CC3)sc12. The van der Waals surface area contributed by atoms with E-state index in [0.29, 0.717) is 12.3 Å². The van der Waals surface area contributed by atoms with E-state index in [1.165, 1.54) is 22.5 Å². The number of thiazole rings is 1. The fourth-order valence-electron chi connectivity index (χ4n) is 1.78. The Labute approximate surface area is 92.0 Å². The van der Waals surface area contributed by atoms with Crippen LogP contribution in [0.2, 0.25) is 0 Å². The number of hydrogen-bond acceptors (Lipinski definition) is 3. The molecule has 1 aliphatic rings. The zero-order chi connectivity index (χ0) is 10.3. The number of rotatable bonds is 3. The van der Waals surface area contributed by atoms with Gasteiger partial charge in [0.05, 0.1) is 15.2 Å². The molecule has 0 N–H and O–H groups in total. The first-order valence-corrected chi connectivity index (χ1v) is 6.02. The zero-order valence-corrected chi connectivity index (χ0v) is 9.09. The van der Waals surface area contributed by atoms with Crippen molar-refractivity contribution >= 4 is 27.8 Å². The van der Waals surface area contributed by atoms with E-state index in [0.717, 1.165) is 17.4 Å². The number of carbonyl (C=O) groups is 1. The monoisotopic (exact) mass is 217 g/mol. The summed E-state index contributed by atoms with van der Waals surface area (Å²) in [6.07, 6.45) is 4.03. The first kappa shape index (κ1) is 9.04. The predicted octanol–water partition coefficient (Wildman–Crippen LogP) is 2.92. The van der Waals surface area contributed by atoms with Crippen LogP contribution in [0, 0.1) is 0 Å². The number of nitrogens with zero attached hydrogens (tertiary/aromatic N) is 1. The minimum absolute atomic E-state index is 0.504. The number of benzene rings is 1. The summed E-state index contributed by atoms with van der Waals surface area (Å²) in [4.78, 5) is 15.2. The average molecular weight is 217 g/mol. The third kappa shape index (κ3) is 1.57. The summed E-state index contributed by atoms with van der Waals surface area (Å²) < 4.78 is 1.20. The Morgan fingerprint density at radius 2 is 2.33 bits per heavy atom. The molecule has 0 bridgehead atoms. The molecule has 3 rings (SSSR count). The lowest BCUT2D eigenvalue weighted by Gasteiger charge is -1.94. The number of fused-ring (bicyclic) bond motifs is 1. The molecule has 0 atom stereocenters. The molecule has 76 valence electrons. The van der Waals surface area contributed by atoms with E-state index in [2.05, 4.69) is 4.98 Å². The van der Waals surface area contributed by atoms with Crippen LogP contribution in [-0.4, -0.2) is 11.3 Å². The van der Waals surface area contributed by atoms with E-state index < -0.39 is 0 Å². The highest BCUT2D eigenvalue weighted by atomic mass is 32.1. The smallest absolute Gasteiger partial charge is 0.124 e. The number of aromatic nitrogens is 1. The number of hydrogen-bond donors (Lipinski definition) is 0. The van der Waals surface area contributed by atoms with Crippen LogP contribution in [0.3, 0.4) is 0 Å². The van der Waals surface area contributed by atoms with E-state index in [9.17, 15) is 4.79 Å². The first-order valence-electron chi connectivity index (χ1n) is 5.20. The summed E-state index contributed by atoms with van der Waals surface area (Å²) in [6.45, 7) is 0. The molecule has 3 heteroatoms. The average Bonchev–Trinajstić information content (AvgIpc) is 2.99. The minimum Gasteiger partial charge on any atom is -0.303 e. The van der Waals surface area contributed by atoms with E-state index >= 15 is 0 Å². The fraction of sp³-hybridized carbons (Fsp3) is 0.333. The molecule has 1 saturated carbocycles.